The van der Waals surface area contributed by atoms with Gasteiger partial charge in [-0.2, -0.15) is 0 Å². The number of nitrogens with zero attached hydrogens (tertiary/aromatic N) is 2. The Bertz CT molecular complexity index is 301. The van der Waals surface area contributed by atoms with Crippen LogP contribution < -0.4 is 0 Å². The van der Waals surface area contributed by atoms with Gasteiger partial charge in [0.1, 0.15) is 0 Å². The first-order valence-corrected chi connectivity index (χ1v) is 6.43. The average Bonchev–Trinajstić information content (AvgIpc) is 2.75. The van der Waals surface area contributed by atoms with Crippen LogP contribution in [0.25, 0.3) is 0 Å². The van der Waals surface area contributed by atoms with Gasteiger partial charge in [-0.1, -0.05) is 6.92 Å². The summed E-state index contributed by atoms with van der Waals surface area (Å²) in [4.78, 5) is 16.9. The molecular formula is C11H18N2O2S. The van der Waals surface area contributed by atoms with Crippen LogP contribution in [0.2, 0.25) is 0 Å². The van der Waals surface area contributed by atoms with Gasteiger partial charge in [0.05, 0.1) is 5.01 Å². The number of hydrogen-bond donors (Lipinski definition) is 1. The van der Waals surface area contributed by atoms with Crippen LogP contribution in [0.3, 0.4) is 0 Å². The Morgan fingerprint density at radius 3 is 2.94 bits per heavy atom. The Kier molecular flexibility index (Phi) is 6.03. The zero-order valence-electron chi connectivity index (χ0n) is 9.56. The van der Waals surface area contributed by atoms with Gasteiger partial charge in [-0.25, -0.2) is 4.98 Å². The number of aliphatic carboxylic acids is 1. The van der Waals surface area contributed by atoms with Crippen LogP contribution in [0.15, 0.2) is 11.6 Å². The van der Waals surface area contributed by atoms with Crippen LogP contribution in [0.1, 0.15) is 24.8 Å². The maximum atomic E-state index is 10.4. The highest BCUT2D eigenvalue weighted by atomic mass is 32.1. The fraction of sp³-hybridized carbons (Fsp3) is 0.636. The minimum absolute atomic E-state index is 0.258. The molecule has 0 aliphatic carbocycles. The second-order valence-electron chi connectivity index (χ2n) is 3.61. The Morgan fingerprint density at radius 1 is 1.56 bits per heavy atom. The number of likely N-dealkylation sites (N-methyl/N-ethyl adjacent to an activating group) is 1. The second-order valence-corrected chi connectivity index (χ2v) is 4.59. The van der Waals surface area contributed by atoms with Crippen LogP contribution in [0.4, 0.5) is 0 Å². The van der Waals surface area contributed by atoms with Gasteiger partial charge in [-0.15, -0.1) is 11.3 Å². The van der Waals surface area contributed by atoms with Crippen molar-refractivity contribution in [2.75, 3.05) is 19.6 Å². The third-order valence-corrected chi connectivity index (χ3v) is 3.28. The monoisotopic (exact) mass is 242 g/mol. The molecule has 5 heteroatoms. The molecule has 1 heterocycles. The highest BCUT2D eigenvalue weighted by Crippen LogP contribution is 2.06. The summed E-state index contributed by atoms with van der Waals surface area (Å²) in [6.45, 7) is 4.88. The van der Waals surface area contributed by atoms with Crippen molar-refractivity contribution in [3.8, 4) is 0 Å². The van der Waals surface area contributed by atoms with E-state index in [4.69, 9.17) is 5.11 Å². The number of carboxylic acids is 1. The summed E-state index contributed by atoms with van der Waals surface area (Å²) in [5.41, 5.74) is 0. The summed E-state index contributed by atoms with van der Waals surface area (Å²) >= 11 is 1.67. The lowest BCUT2D eigenvalue weighted by molar-refractivity contribution is -0.137. The van der Waals surface area contributed by atoms with E-state index in [-0.39, 0.29) is 6.42 Å². The van der Waals surface area contributed by atoms with Crippen LogP contribution in [0.5, 0.6) is 0 Å². The number of hydrogen-bond acceptors (Lipinski definition) is 4. The molecule has 90 valence electrons. The molecule has 1 aromatic heterocycles. The lowest BCUT2D eigenvalue weighted by atomic mass is 10.3. The molecule has 0 spiro atoms. The molecule has 0 aliphatic rings. The van der Waals surface area contributed by atoms with Gasteiger partial charge in [0, 0.05) is 31.0 Å². The predicted molar refractivity (Wildman–Crippen MR) is 64.8 cm³/mol. The van der Waals surface area contributed by atoms with E-state index in [2.05, 4.69) is 16.8 Å². The van der Waals surface area contributed by atoms with E-state index in [1.54, 1.807) is 11.3 Å². The number of rotatable bonds is 8. The Labute approximate surface area is 99.9 Å². The number of thiazole rings is 1. The van der Waals surface area contributed by atoms with Crippen molar-refractivity contribution < 1.29 is 9.90 Å². The quantitative estimate of drug-likeness (QED) is 0.756. The van der Waals surface area contributed by atoms with Gasteiger partial charge in [0.2, 0.25) is 0 Å². The van der Waals surface area contributed by atoms with E-state index < -0.39 is 5.97 Å². The van der Waals surface area contributed by atoms with Gasteiger partial charge in [-0.3, -0.25) is 4.79 Å². The van der Waals surface area contributed by atoms with Crippen molar-refractivity contribution in [2.24, 2.45) is 0 Å². The fourth-order valence-electron chi connectivity index (χ4n) is 1.51. The molecule has 0 fully saturated rings. The van der Waals surface area contributed by atoms with Crippen molar-refractivity contribution in [2.45, 2.75) is 26.2 Å². The lowest BCUT2D eigenvalue weighted by Gasteiger charge is -2.19. The molecule has 16 heavy (non-hydrogen) atoms. The minimum atomic E-state index is -0.712. The van der Waals surface area contributed by atoms with Gasteiger partial charge in [-0.05, 0) is 19.5 Å². The smallest absolute Gasteiger partial charge is 0.303 e. The summed E-state index contributed by atoms with van der Waals surface area (Å²) in [5, 5.41) is 11.7. The van der Waals surface area contributed by atoms with E-state index in [0.29, 0.717) is 0 Å². The minimum Gasteiger partial charge on any atom is -0.481 e. The highest BCUT2D eigenvalue weighted by Gasteiger charge is 2.05. The van der Waals surface area contributed by atoms with Crippen molar-refractivity contribution in [1.29, 1.82) is 0 Å². The maximum Gasteiger partial charge on any atom is 0.303 e. The predicted octanol–water partition coefficient (Wildman–Crippen LogP) is 1.87. The normalized spacial score (nSPS) is 10.9. The zero-order chi connectivity index (χ0) is 11.8. The molecular weight excluding hydrogens is 224 g/mol. The molecule has 0 bridgehead atoms. The summed E-state index contributed by atoms with van der Waals surface area (Å²) < 4.78 is 0. The molecule has 0 amide bonds. The van der Waals surface area contributed by atoms with Crippen LogP contribution in [-0.2, 0) is 11.2 Å². The number of carboxylic acid groups (broad SMARTS) is 1. The Balaban J connectivity index is 2.18. The standard InChI is InChI=1S/C11H18N2O2S/c1-2-13(7-3-4-11(14)15)8-5-10-12-6-9-16-10/h6,9H,2-5,7-8H2,1H3,(H,14,15). The number of carbonyl (C=O) groups is 1. The largest absolute Gasteiger partial charge is 0.481 e. The van der Waals surface area contributed by atoms with Crippen molar-refractivity contribution in [3.05, 3.63) is 16.6 Å². The first-order chi connectivity index (χ1) is 7.72. The van der Waals surface area contributed by atoms with Crippen molar-refractivity contribution in [1.82, 2.24) is 9.88 Å². The number of aromatic nitrogens is 1. The highest BCUT2D eigenvalue weighted by molar-refractivity contribution is 7.09. The van der Waals surface area contributed by atoms with Crippen molar-refractivity contribution in [3.63, 3.8) is 0 Å². The summed E-state index contributed by atoms with van der Waals surface area (Å²) in [6, 6.07) is 0. The molecule has 0 aliphatic heterocycles. The van der Waals surface area contributed by atoms with E-state index in [1.165, 1.54) is 0 Å². The molecule has 0 radical (unpaired) electrons. The topological polar surface area (TPSA) is 53.4 Å². The SMILES string of the molecule is CCN(CCCC(=O)O)CCc1nccs1. The first kappa shape index (κ1) is 13.1. The molecule has 1 aromatic rings. The lowest BCUT2D eigenvalue weighted by Crippen LogP contribution is -2.27. The van der Waals surface area contributed by atoms with Gasteiger partial charge in [0.15, 0.2) is 0 Å². The van der Waals surface area contributed by atoms with E-state index in [9.17, 15) is 4.79 Å². The molecule has 0 aromatic carbocycles. The van der Waals surface area contributed by atoms with E-state index >= 15 is 0 Å². The molecule has 0 saturated carbocycles. The van der Waals surface area contributed by atoms with Gasteiger partial charge >= 0.3 is 5.97 Å². The molecule has 0 atom stereocenters. The average molecular weight is 242 g/mol. The Hall–Kier alpha value is -0.940. The van der Waals surface area contributed by atoms with Crippen LogP contribution in [0, 0.1) is 0 Å². The molecule has 0 saturated heterocycles. The molecule has 4 nitrogen and oxygen atoms in total. The summed E-state index contributed by atoms with van der Waals surface area (Å²) in [7, 11) is 0. The van der Waals surface area contributed by atoms with Crippen molar-refractivity contribution >= 4 is 17.3 Å². The van der Waals surface area contributed by atoms with Gasteiger partial charge < -0.3 is 10.0 Å². The zero-order valence-corrected chi connectivity index (χ0v) is 10.4. The third-order valence-electron chi connectivity index (χ3n) is 2.44. The summed E-state index contributed by atoms with van der Waals surface area (Å²) in [6.07, 6.45) is 3.76. The Morgan fingerprint density at radius 2 is 2.38 bits per heavy atom. The second kappa shape index (κ2) is 7.35. The summed E-state index contributed by atoms with van der Waals surface area (Å²) in [5.74, 6) is -0.712. The third kappa shape index (κ3) is 5.23. The molecule has 0 unspecified atom stereocenters. The first-order valence-electron chi connectivity index (χ1n) is 5.55. The molecule has 1 rings (SSSR count). The maximum absolute atomic E-state index is 10.4. The van der Waals surface area contributed by atoms with Crippen LogP contribution >= 0.6 is 11.3 Å². The fourth-order valence-corrected chi connectivity index (χ4v) is 2.12. The van der Waals surface area contributed by atoms with Crippen LogP contribution in [-0.4, -0.2) is 40.6 Å². The van der Waals surface area contributed by atoms with Gasteiger partial charge in [0.25, 0.3) is 0 Å². The van der Waals surface area contributed by atoms with E-state index in [1.807, 2.05) is 11.6 Å². The molecule has 1 N–H and O–H groups in total. The van der Waals surface area contributed by atoms with E-state index in [0.717, 1.165) is 37.5 Å².